The average Bonchev–Trinajstić information content (AvgIpc) is 3.44. The van der Waals surface area contributed by atoms with Gasteiger partial charge in [-0.2, -0.15) is 0 Å². The second kappa shape index (κ2) is 7.26. The summed E-state index contributed by atoms with van der Waals surface area (Å²) >= 11 is 0. The summed E-state index contributed by atoms with van der Waals surface area (Å²) in [5, 5.41) is 8.74. The Kier molecular flexibility index (Phi) is 4.66. The molecule has 1 aliphatic rings. The number of likely N-dealkylation sites (tertiary alicyclic amines) is 1. The lowest BCUT2D eigenvalue weighted by atomic mass is 9.97. The summed E-state index contributed by atoms with van der Waals surface area (Å²) < 4.78 is 14.4. The van der Waals surface area contributed by atoms with Gasteiger partial charge in [-0.15, -0.1) is 10.2 Å². The molecule has 0 aliphatic carbocycles. The fourth-order valence-electron chi connectivity index (χ4n) is 3.49. The fraction of sp³-hybridized carbons (Fsp3) is 0.444. The van der Waals surface area contributed by atoms with Crippen molar-refractivity contribution in [1.29, 1.82) is 0 Å². The molecule has 3 aromatic heterocycles. The summed E-state index contributed by atoms with van der Waals surface area (Å²) in [6.45, 7) is 1.92. The second-order valence-electron chi connectivity index (χ2n) is 6.68. The minimum atomic E-state index is -0.121. The molecule has 1 atom stereocenters. The minimum Gasteiger partial charge on any atom is -0.468 e. The van der Waals surface area contributed by atoms with E-state index in [4.69, 9.17) is 9.15 Å². The number of furan rings is 1. The monoisotopic (exact) mass is 370 g/mol. The number of piperidine rings is 1. The van der Waals surface area contributed by atoms with Gasteiger partial charge in [0.1, 0.15) is 5.82 Å². The summed E-state index contributed by atoms with van der Waals surface area (Å²) in [4.78, 5) is 18.6. The standard InChI is InChI=1S/C18H22N6O3/c1-22-15(11-23-9-7-19-12-23)20-21-17(22)13-4-3-8-24(10-13)18(25)14-5-6-16(26-2)27-14/h5-7,9,12-13H,3-4,8,10-11H2,1-2H3. The Balaban J connectivity index is 1.48. The Bertz CT molecular complexity index is 914. The molecule has 0 aromatic carbocycles. The molecule has 0 bridgehead atoms. The first-order valence-electron chi connectivity index (χ1n) is 8.92. The van der Waals surface area contributed by atoms with Gasteiger partial charge in [0.15, 0.2) is 11.6 Å². The zero-order chi connectivity index (χ0) is 18.8. The van der Waals surface area contributed by atoms with E-state index in [0.29, 0.717) is 31.3 Å². The average molecular weight is 370 g/mol. The Hall–Kier alpha value is -3.10. The molecular weight excluding hydrogens is 348 g/mol. The number of amides is 1. The highest BCUT2D eigenvalue weighted by molar-refractivity contribution is 5.91. The summed E-state index contributed by atoms with van der Waals surface area (Å²) in [6.07, 6.45) is 7.28. The smallest absolute Gasteiger partial charge is 0.289 e. The van der Waals surface area contributed by atoms with Crippen molar-refractivity contribution in [3.63, 3.8) is 0 Å². The molecule has 1 amide bonds. The van der Waals surface area contributed by atoms with Crippen LogP contribution in [0.4, 0.5) is 0 Å². The summed E-state index contributed by atoms with van der Waals surface area (Å²) in [5.41, 5.74) is 0. The van der Waals surface area contributed by atoms with Crippen LogP contribution in [0.15, 0.2) is 35.3 Å². The van der Waals surface area contributed by atoms with Crippen LogP contribution in [0.3, 0.4) is 0 Å². The van der Waals surface area contributed by atoms with Gasteiger partial charge < -0.3 is 23.2 Å². The zero-order valence-electron chi connectivity index (χ0n) is 15.4. The number of aromatic nitrogens is 5. The Morgan fingerprint density at radius 2 is 2.26 bits per heavy atom. The number of hydrogen-bond donors (Lipinski definition) is 0. The van der Waals surface area contributed by atoms with Gasteiger partial charge in [-0.1, -0.05) is 0 Å². The molecule has 9 nitrogen and oxygen atoms in total. The summed E-state index contributed by atoms with van der Waals surface area (Å²) in [7, 11) is 3.49. The number of methoxy groups -OCH3 is 1. The van der Waals surface area contributed by atoms with Crippen molar-refractivity contribution in [3.8, 4) is 5.95 Å². The van der Waals surface area contributed by atoms with Crippen LogP contribution in [0.1, 0.15) is 41.0 Å². The molecule has 9 heteroatoms. The molecule has 0 N–H and O–H groups in total. The number of carbonyl (C=O) groups is 1. The first-order valence-corrected chi connectivity index (χ1v) is 8.92. The van der Waals surface area contributed by atoms with Crippen molar-refractivity contribution in [2.45, 2.75) is 25.3 Å². The van der Waals surface area contributed by atoms with Crippen molar-refractivity contribution in [2.75, 3.05) is 20.2 Å². The molecule has 142 valence electrons. The van der Waals surface area contributed by atoms with Gasteiger partial charge in [0.25, 0.3) is 11.9 Å². The van der Waals surface area contributed by atoms with Crippen molar-refractivity contribution < 1.29 is 13.9 Å². The number of nitrogens with zero attached hydrogens (tertiary/aromatic N) is 6. The topological polar surface area (TPSA) is 91.2 Å². The summed E-state index contributed by atoms with van der Waals surface area (Å²) in [5.74, 6) is 2.43. The molecule has 27 heavy (non-hydrogen) atoms. The Labute approximate surface area is 156 Å². The van der Waals surface area contributed by atoms with Gasteiger partial charge in [-0.25, -0.2) is 4.98 Å². The van der Waals surface area contributed by atoms with Crippen LogP contribution in [0.5, 0.6) is 5.95 Å². The maximum absolute atomic E-state index is 12.7. The van der Waals surface area contributed by atoms with E-state index in [-0.39, 0.29) is 11.8 Å². The van der Waals surface area contributed by atoms with Crippen LogP contribution >= 0.6 is 0 Å². The maximum atomic E-state index is 12.7. The highest BCUT2D eigenvalue weighted by atomic mass is 16.6. The van der Waals surface area contributed by atoms with Gasteiger partial charge in [-0.3, -0.25) is 4.79 Å². The SMILES string of the molecule is COc1ccc(C(=O)N2CCCC(c3nnc(Cn4ccnc4)n3C)C2)o1. The lowest BCUT2D eigenvalue weighted by Crippen LogP contribution is -2.39. The molecule has 3 aromatic rings. The number of hydrogen-bond acceptors (Lipinski definition) is 6. The van der Waals surface area contributed by atoms with Crippen molar-refractivity contribution >= 4 is 5.91 Å². The first kappa shape index (κ1) is 17.3. The molecule has 4 rings (SSSR count). The predicted octanol–water partition coefficient (Wildman–Crippen LogP) is 1.68. The van der Waals surface area contributed by atoms with E-state index in [1.165, 1.54) is 7.11 Å². The van der Waals surface area contributed by atoms with Crippen LogP contribution in [0.25, 0.3) is 0 Å². The first-order chi connectivity index (χ1) is 13.2. The third kappa shape index (κ3) is 3.44. The molecule has 0 radical (unpaired) electrons. The number of carbonyl (C=O) groups excluding carboxylic acids is 1. The number of rotatable bonds is 5. The molecule has 1 fully saturated rings. The third-order valence-electron chi connectivity index (χ3n) is 4.95. The molecule has 1 saturated heterocycles. The van der Waals surface area contributed by atoms with Crippen molar-refractivity contribution in [1.82, 2.24) is 29.2 Å². The van der Waals surface area contributed by atoms with E-state index in [1.54, 1.807) is 24.7 Å². The maximum Gasteiger partial charge on any atom is 0.289 e. The normalized spacial score (nSPS) is 17.3. The second-order valence-corrected chi connectivity index (χ2v) is 6.68. The molecule has 0 saturated carbocycles. The van der Waals surface area contributed by atoms with E-state index in [2.05, 4.69) is 15.2 Å². The van der Waals surface area contributed by atoms with Crippen LogP contribution in [-0.2, 0) is 13.6 Å². The van der Waals surface area contributed by atoms with Crippen LogP contribution in [0.2, 0.25) is 0 Å². The van der Waals surface area contributed by atoms with Crippen LogP contribution in [-0.4, -0.2) is 55.3 Å². The zero-order valence-corrected chi connectivity index (χ0v) is 15.4. The van der Waals surface area contributed by atoms with Gasteiger partial charge >= 0.3 is 0 Å². The number of imidazole rings is 1. The quantitative estimate of drug-likeness (QED) is 0.679. The van der Waals surface area contributed by atoms with Crippen molar-refractivity contribution in [3.05, 3.63) is 48.3 Å². The van der Waals surface area contributed by atoms with E-state index >= 15 is 0 Å². The van der Waals surface area contributed by atoms with Crippen LogP contribution < -0.4 is 4.74 Å². The summed E-state index contributed by atoms with van der Waals surface area (Å²) in [6, 6.07) is 3.30. The largest absolute Gasteiger partial charge is 0.468 e. The van der Waals surface area contributed by atoms with Gasteiger partial charge in [0, 0.05) is 44.5 Å². The highest BCUT2D eigenvalue weighted by Gasteiger charge is 2.30. The Morgan fingerprint density at radius 1 is 1.37 bits per heavy atom. The molecule has 1 unspecified atom stereocenters. The fourth-order valence-corrected chi connectivity index (χ4v) is 3.49. The molecule has 4 heterocycles. The van der Waals surface area contributed by atoms with Crippen molar-refractivity contribution in [2.24, 2.45) is 7.05 Å². The number of ether oxygens (including phenoxy) is 1. The molecule has 1 aliphatic heterocycles. The van der Waals surface area contributed by atoms with Crippen LogP contribution in [0, 0.1) is 0 Å². The van der Waals surface area contributed by atoms with E-state index in [0.717, 1.165) is 24.5 Å². The third-order valence-corrected chi connectivity index (χ3v) is 4.95. The lowest BCUT2D eigenvalue weighted by Gasteiger charge is -2.31. The lowest BCUT2D eigenvalue weighted by molar-refractivity contribution is 0.0665. The minimum absolute atomic E-state index is 0.121. The van der Waals surface area contributed by atoms with E-state index in [9.17, 15) is 4.79 Å². The van der Waals surface area contributed by atoms with Gasteiger partial charge in [-0.05, 0) is 18.9 Å². The predicted molar refractivity (Wildman–Crippen MR) is 95.5 cm³/mol. The van der Waals surface area contributed by atoms with E-state index < -0.39 is 0 Å². The molecule has 0 spiro atoms. The molecular formula is C18H22N6O3. The highest BCUT2D eigenvalue weighted by Crippen LogP contribution is 2.27. The van der Waals surface area contributed by atoms with Gasteiger partial charge in [0.2, 0.25) is 0 Å². The van der Waals surface area contributed by atoms with Gasteiger partial charge in [0.05, 0.1) is 20.0 Å². The Morgan fingerprint density at radius 3 is 3.00 bits per heavy atom. The van der Waals surface area contributed by atoms with E-state index in [1.807, 2.05) is 27.3 Å².